The molecule has 1 saturated carbocycles. The minimum absolute atomic E-state index is 0.0521. The van der Waals surface area contributed by atoms with Gasteiger partial charge < -0.3 is 16.2 Å². The van der Waals surface area contributed by atoms with Gasteiger partial charge in [0.1, 0.15) is 5.75 Å². The number of urea groups is 1. The number of carbonyl (C=O) groups excluding carboxylic acids is 2. The third-order valence-corrected chi connectivity index (χ3v) is 5.88. The molecule has 172 valence electrons. The van der Waals surface area contributed by atoms with Crippen molar-refractivity contribution < 1.29 is 27.5 Å². The van der Waals surface area contributed by atoms with E-state index in [1.165, 1.54) is 11.0 Å². The Hall–Kier alpha value is -2.94. The van der Waals surface area contributed by atoms with Crippen molar-refractivity contribution in [3.05, 3.63) is 58.1 Å². The van der Waals surface area contributed by atoms with Gasteiger partial charge in [-0.3, -0.25) is 9.69 Å². The molecule has 4 N–H and O–H groups in total. The van der Waals surface area contributed by atoms with Gasteiger partial charge >= 0.3 is 12.2 Å². The van der Waals surface area contributed by atoms with E-state index in [4.69, 9.17) is 27.8 Å². The molecule has 6 nitrogen and oxygen atoms in total. The smallest absolute Gasteiger partial charge is 0.417 e. The fraction of sp³-hybridized carbons (Fsp3) is 0.364. The second-order valence-electron chi connectivity index (χ2n) is 7.76. The van der Waals surface area contributed by atoms with Crippen molar-refractivity contribution in [3.63, 3.8) is 0 Å². The molecule has 3 amide bonds. The number of rotatable bonds is 5. The van der Waals surface area contributed by atoms with Crippen LogP contribution in [0, 0.1) is 6.92 Å². The molecule has 0 radical (unpaired) electrons. The molecule has 3 rings (SSSR count). The molecule has 0 unspecified atom stereocenters. The number of amides is 3. The van der Waals surface area contributed by atoms with E-state index in [0.717, 1.165) is 12.1 Å². The van der Waals surface area contributed by atoms with Crippen molar-refractivity contribution in [2.24, 2.45) is 11.5 Å². The molecule has 0 saturated heterocycles. The summed E-state index contributed by atoms with van der Waals surface area (Å²) in [6, 6.07) is 7.12. The van der Waals surface area contributed by atoms with Crippen molar-refractivity contribution >= 4 is 29.2 Å². The average molecular weight is 470 g/mol. The molecule has 10 heteroatoms. The Kier molecular flexibility index (Phi) is 6.88. The van der Waals surface area contributed by atoms with Crippen molar-refractivity contribution in [2.45, 2.75) is 50.9 Å². The van der Waals surface area contributed by atoms with Gasteiger partial charge in [-0.15, -0.1) is 0 Å². The highest BCUT2D eigenvalue weighted by Crippen LogP contribution is 2.38. The van der Waals surface area contributed by atoms with Crippen LogP contribution in [0.3, 0.4) is 0 Å². The van der Waals surface area contributed by atoms with Gasteiger partial charge in [-0.2, -0.15) is 13.2 Å². The van der Waals surface area contributed by atoms with E-state index < -0.39 is 28.7 Å². The zero-order valence-corrected chi connectivity index (χ0v) is 18.0. The summed E-state index contributed by atoms with van der Waals surface area (Å²) in [6.45, 7) is 1.76. The molecule has 0 aromatic heterocycles. The Labute approximate surface area is 188 Å². The molecule has 0 spiro atoms. The SMILES string of the molecule is Cc1cc(OC2CCC(N(C(N)=O)c3ccc(Cl)c(C(F)(F)F)c3)CC2)ccc1C(N)=O. The van der Waals surface area contributed by atoms with Crippen LogP contribution in [0.2, 0.25) is 5.02 Å². The molecule has 32 heavy (non-hydrogen) atoms. The van der Waals surface area contributed by atoms with E-state index in [-0.39, 0.29) is 17.8 Å². The highest BCUT2D eigenvalue weighted by atomic mass is 35.5. The average Bonchev–Trinajstić information content (AvgIpc) is 2.69. The molecular weight excluding hydrogens is 447 g/mol. The maximum absolute atomic E-state index is 13.2. The van der Waals surface area contributed by atoms with Crippen molar-refractivity contribution in [1.82, 2.24) is 0 Å². The van der Waals surface area contributed by atoms with Gasteiger partial charge in [0.2, 0.25) is 5.91 Å². The van der Waals surface area contributed by atoms with Crippen LogP contribution < -0.4 is 21.1 Å². The Morgan fingerprint density at radius 3 is 2.25 bits per heavy atom. The highest BCUT2D eigenvalue weighted by molar-refractivity contribution is 6.31. The number of hydrogen-bond acceptors (Lipinski definition) is 3. The van der Waals surface area contributed by atoms with Gasteiger partial charge in [0.25, 0.3) is 0 Å². The van der Waals surface area contributed by atoms with Gasteiger partial charge in [0.15, 0.2) is 0 Å². The quantitative estimate of drug-likeness (QED) is 0.641. The topological polar surface area (TPSA) is 98.7 Å². The van der Waals surface area contributed by atoms with E-state index in [2.05, 4.69) is 0 Å². The molecule has 1 fully saturated rings. The molecular formula is C22H23ClF3N3O3. The summed E-state index contributed by atoms with van der Waals surface area (Å²) >= 11 is 5.69. The number of anilines is 1. The van der Waals surface area contributed by atoms with Crippen LogP contribution >= 0.6 is 11.6 Å². The predicted octanol–water partition coefficient (Wildman–Crippen LogP) is 5.04. The van der Waals surface area contributed by atoms with Crippen molar-refractivity contribution in [3.8, 4) is 5.75 Å². The lowest BCUT2D eigenvalue weighted by atomic mass is 9.91. The van der Waals surface area contributed by atoms with Gasteiger partial charge in [-0.25, -0.2) is 4.79 Å². The van der Waals surface area contributed by atoms with Gasteiger partial charge in [0.05, 0.1) is 16.7 Å². The fourth-order valence-electron chi connectivity index (χ4n) is 4.00. The number of carbonyl (C=O) groups is 2. The number of alkyl halides is 3. The van der Waals surface area contributed by atoms with Gasteiger partial charge in [0, 0.05) is 17.3 Å². The summed E-state index contributed by atoms with van der Waals surface area (Å²) in [5.74, 6) is 0.0761. The number of nitrogens with zero attached hydrogens (tertiary/aromatic N) is 1. The second-order valence-corrected chi connectivity index (χ2v) is 8.17. The lowest BCUT2D eigenvalue weighted by molar-refractivity contribution is -0.137. The number of nitrogens with two attached hydrogens (primary N) is 2. The van der Waals surface area contributed by atoms with Crippen molar-refractivity contribution in [1.29, 1.82) is 0 Å². The van der Waals surface area contributed by atoms with E-state index in [1.807, 2.05) is 0 Å². The first-order valence-electron chi connectivity index (χ1n) is 10.00. The summed E-state index contributed by atoms with van der Waals surface area (Å²) in [5.41, 5.74) is 11.0. The molecule has 0 bridgehead atoms. The Balaban J connectivity index is 1.71. The fourth-order valence-corrected chi connectivity index (χ4v) is 4.22. The third-order valence-electron chi connectivity index (χ3n) is 5.55. The molecule has 2 aromatic rings. The van der Waals surface area contributed by atoms with Crippen molar-refractivity contribution in [2.75, 3.05) is 4.90 Å². The number of aryl methyl sites for hydroxylation is 1. The van der Waals surface area contributed by atoms with Crippen LogP contribution in [0.1, 0.15) is 47.2 Å². The van der Waals surface area contributed by atoms with E-state index in [0.29, 0.717) is 42.6 Å². The maximum atomic E-state index is 13.2. The molecule has 1 aliphatic carbocycles. The third kappa shape index (κ3) is 5.27. The van der Waals surface area contributed by atoms with Crippen LogP contribution in [0.15, 0.2) is 36.4 Å². The number of benzene rings is 2. The first kappa shape index (κ1) is 23.7. The summed E-state index contributed by atoms with van der Waals surface area (Å²) in [6.07, 6.45) is -2.65. The predicted molar refractivity (Wildman–Crippen MR) is 115 cm³/mol. The molecule has 2 aromatic carbocycles. The lowest BCUT2D eigenvalue weighted by Crippen LogP contribution is -2.46. The minimum atomic E-state index is -4.65. The van der Waals surface area contributed by atoms with Crippen LogP contribution in [0.25, 0.3) is 0 Å². The lowest BCUT2D eigenvalue weighted by Gasteiger charge is -2.36. The van der Waals surface area contributed by atoms with E-state index in [9.17, 15) is 22.8 Å². The number of halogens is 4. The summed E-state index contributed by atoms with van der Waals surface area (Å²) < 4.78 is 45.7. The molecule has 0 atom stereocenters. The highest BCUT2D eigenvalue weighted by Gasteiger charge is 2.35. The largest absolute Gasteiger partial charge is 0.490 e. The Morgan fingerprint density at radius 1 is 1.06 bits per heavy atom. The van der Waals surface area contributed by atoms with E-state index in [1.54, 1.807) is 25.1 Å². The van der Waals surface area contributed by atoms with Crippen LogP contribution in [0.4, 0.5) is 23.7 Å². The normalized spacial score (nSPS) is 18.8. The first-order valence-corrected chi connectivity index (χ1v) is 10.4. The number of primary amides is 2. The summed E-state index contributed by atoms with van der Waals surface area (Å²) in [4.78, 5) is 24.7. The Bertz CT molecular complexity index is 1020. The number of ether oxygens (including phenoxy) is 1. The zero-order chi connectivity index (χ0) is 23.6. The Morgan fingerprint density at radius 2 is 1.72 bits per heavy atom. The minimum Gasteiger partial charge on any atom is -0.490 e. The van der Waals surface area contributed by atoms with E-state index >= 15 is 0 Å². The van der Waals surface area contributed by atoms with Gasteiger partial charge in [-0.05, 0) is 74.6 Å². The van der Waals surface area contributed by atoms with Crippen LogP contribution in [-0.2, 0) is 6.18 Å². The first-order chi connectivity index (χ1) is 15.0. The van der Waals surface area contributed by atoms with Crippen LogP contribution in [-0.4, -0.2) is 24.1 Å². The summed E-state index contributed by atoms with van der Waals surface area (Å²) in [7, 11) is 0. The maximum Gasteiger partial charge on any atom is 0.417 e. The zero-order valence-electron chi connectivity index (χ0n) is 17.3. The molecule has 0 heterocycles. The van der Waals surface area contributed by atoms with Crippen LogP contribution in [0.5, 0.6) is 5.75 Å². The summed E-state index contributed by atoms with van der Waals surface area (Å²) in [5, 5.41) is -0.444. The second kappa shape index (κ2) is 9.28. The molecule has 0 aliphatic heterocycles. The number of hydrogen-bond donors (Lipinski definition) is 2. The monoisotopic (exact) mass is 469 g/mol. The van der Waals surface area contributed by atoms with Gasteiger partial charge in [-0.1, -0.05) is 11.6 Å². The molecule has 1 aliphatic rings. The standard InChI is InChI=1S/C22H23ClF3N3O3/c1-12-10-16(7-8-17(12)20(27)30)32-15-5-2-13(3-6-15)29(21(28)31)14-4-9-19(23)18(11-14)22(24,25)26/h4,7-11,13,15H,2-3,5-6H2,1H3,(H2,27,30)(H2,28,31).